The van der Waals surface area contributed by atoms with Crippen LogP contribution in [0.5, 0.6) is 0 Å². The van der Waals surface area contributed by atoms with Crippen LogP contribution < -0.4 is 5.56 Å². The zero-order valence-corrected chi connectivity index (χ0v) is 16.5. The summed E-state index contributed by atoms with van der Waals surface area (Å²) in [5, 5.41) is 0.131. The van der Waals surface area contributed by atoms with E-state index < -0.39 is 11.4 Å². The predicted octanol–water partition coefficient (Wildman–Crippen LogP) is 4.47. The smallest absolute Gasteiger partial charge is 0.258 e. The summed E-state index contributed by atoms with van der Waals surface area (Å²) in [5.74, 6) is 0.147. The lowest BCUT2D eigenvalue weighted by molar-refractivity contribution is -0.133. The molecule has 3 aromatic rings. The Labute approximate surface area is 166 Å². The van der Waals surface area contributed by atoms with Crippen molar-refractivity contribution in [1.29, 1.82) is 0 Å². The van der Waals surface area contributed by atoms with Gasteiger partial charge < -0.3 is 9.88 Å². The number of alkyl halides is 1. The highest BCUT2D eigenvalue weighted by atomic mass is 35.5. The summed E-state index contributed by atoms with van der Waals surface area (Å²) >= 11 is 12.4. The van der Waals surface area contributed by atoms with Gasteiger partial charge in [0.05, 0.1) is 16.9 Å². The molecule has 1 heterocycles. The number of aromatic amines is 1. The fraction of sp³-hybridized carbons (Fsp3) is 0.250. The summed E-state index contributed by atoms with van der Waals surface area (Å²) in [6.45, 7) is 4.09. The number of rotatable bonds is 5. The van der Waals surface area contributed by atoms with Gasteiger partial charge in [-0.1, -0.05) is 41.9 Å². The zero-order chi connectivity index (χ0) is 19.6. The van der Waals surface area contributed by atoms with Crippen LogP contribution in [0.4, 0.5) is 0 Å². The van der Waals surface area contributed by atoms with E-state index in [1.807, 2.05) is 44.2 Å². The molecule has 0 unspecified atom stereocenters. The van der Waals surface area contributed by atoms with Gasteiger partial charge in [-0.2, -0.15) is 0 Å². The summed E-state index contributed by atoms with van der Waals surface area (Å²) in [7, 11) is 0. The maximum Gasteiger partial charge on any atom is 0.258 e. The van der Waals surface area contributed by atoms with E-state index in [-0.39, 0.29) is 11.5 Å². The van der Waals surface area contributed by atoms with Crippen LogP contribution >= 0.6 is 23.2 Å². The molecular formula is C20H19Cl2N3O2. The van der Waals surface area contributed by atoms with Crippen molar-refractivity contribution < 1.29 is 4.79 Å². The lowest BCUT2D eigenvalue weighted by Crippen LogP contribution is -2.37. The SMILES string of the molecule is CCN(C(=O)[C@H](Cl)c1ccccc1)[C@H](C)c1nc2cc(Cl)ccc2c(=O)[nH]1. The third-order valence-corrected chi connectivity index (χ3v) is 5.16. The Morgan fingerprint density at radius 3 is 2.59 bits per heavy atom. The molecule has 2 atom stereocenters. The molecule has 0 aliphatic heterocycles. The Bertz CT molecular complexity index is 1020. The highest BCUT2D eigenvalue weighted by Gasteiger charge is 2.28. The number of fused-ring (bicyclic) bond motifs is 1. The second-order valence-corrected chi connectivity index (χ2v) is 7.06. The number of carbonyl (C=O) groups is 1. The van der Waals surface area contributed by atoms with Crippen LogP contribution in [0.2, 0.25) is 5.02 Å². The van der Waals surface area contributed by atoms with E-state index >= 15 is 0 Å². The van der Waals surface area contributed by atoms with Gasteiger partial charge in [-0.3, -0.25) is 9.59 Å². The van der Waals surface area contributed by atoms with Crippen LogP contribution in [0.25, 0.3) is 10.9 Å². The first-order valence-electron chi connectivity index (χ1n) is 8.61. The molecule has 1 N–H and O–H groups in total. The molecule has 3 rings (SSSR count). The van der Waals surface area contributed by atoms with Crippen molar-refractivity contribution in [3.05, 3.63) is 75.3 Å². The number of likely N-dealkylation sites (N-methyl/N-ethyl adjacent to an activating group) is 1. The number of nitrogens with zero attached hydrogens (tertiary/aromatic N) is 2. The molecule has 7 heteroatoms. The first-order chi connectivity index (χ1) is 12.9. The largest absolute Gasteiger partial charge is 0.331 e. The van der Waals surface area contributed by atoms with Gasteiger partial charge >= 0.3 is 0 Å². The second-order valence-electron chi connectivity index (χ2n) is 6.19. The molecule has 2 aromatic carbocycles. The number of halogens is 2. The number of amides is 1. The van der Waals surface area contributed by atoms with Crippen LogP contribution in [0.15, 0.2) is 53.3 Å². The van der Waals surface area contributed by atoms with Gasteiger partial charge in [0.2, 0.25) is 5.91 Å². The van der Waals surface area contributed by atoms with E-state index in [2.05, 4.69) is 9.97 Å². The van der Waals surface area contributed by atoms with Crippen molar-refractivity contribution in [2.45, 2.75) is 25.3 Å². The Kier molecular flexibility index (Phi) is 5.82. The van der Waals surface area contributed by atoms with Crippen LogP contribution in [-0.4, -0.2) is 27.3 Å². The van der Waals surface area contributed by atoms with Crippen molar-refractivity contribution in [3.63, 3.8) is 0 Å². The minimum atomic E-state index is -0.810. The number of carbonyl (C=O) groups excluding carboxylic acids is 1. The molecule has 0 aliphatic carbocycles. The highest BCUT2D eigenvalue weighted by Crippen LogP contribution is 2.27. The van der Waals surface area contributed by atoms with E-state index in [0.717, 1.165) is 5.56 Å². The number of hydrogen-bond donors (Lipinski definition) is 1. The third-order valence-electron chi connectivity index (χ3n) is 4.48. The minimum absolute atomic E-state index is 0.244. The van der Waals surface area contributed by atoms with Crippen molar-refractivity contribution >= 4 is 40.0 Å². The van der Waals surface area contributed by atoms with Gasteiger partial charge in [0.1, 0.15) is 11.2 Å². The van der Waals surface area contributed by atoms with Gasteiger partial charge in [-0.25, -0.2) is 4.98 Å². The van der Waals surface area contributed by atoms with Gasteiger partial charge in [-0.15, -0.1) is 11.6 Å². The molecule has 0 spiro atoms. The number of nitrogens with one attached hydrogen (secondary N) is 1. The predicted molar refractivity (Wildman–Crippen MR) is 108 cm³/mol. The van der Waals surface area contributed by atoms with Crippen LogP contribution in [0, 0.1) is 0 Å². The zero-order valence-electron chi connectivity index (χ0n) is 14.9. The molecule has 1 amide bonds. The highest BCUT2D eigenvalue weighted by molar-refractivity contribution is 6.31. The van der Waals surface area contributed by atoms with Gasteiger partial charge in [0.15, 0.2) is 0 Å². The summed E-state index contributed by atoms with van der Waals surface area (Å²) < 4.78 is 0. The topological polar surface area (TPSA) is 66.1 Å². The Hall–Kier alpha value is -2.37. The average molecular weight is 404 g/mol. The summed E-state index contributed by atoms with van der Waals surface area (Å²) in [5.41, 5.74) is 0.941. The third kappa shape index (κ3) is 3.99. The second kappa shape index (κ2) is 8.11. The summed E-state index contributed by atoms with van der Waals surface area (Å²) in [4.78, 5) is 34.2. The van der Waals surface area contributed by atoms with Gasteiger partial charge in [-0.05, 0) is 37.6 Å². The van der Waals surface area contributed by atoms with E-state index in [1.165, 1.54) is 0 Å². The van der Waals surface area contributed by atoms with Crippen molar-refractivity contribution in [2.24, 2.45) is 0 Å². The van der Waals surface area contributed by atoms with Crippen molar-refractivity contribution in [1.82, 2.24) is 14.9 Å². The molecule has 0 saturated carbocycles. The number of aromatic nitrogens is 2. The van der Waals surface area contributed by atoms with E-state index in [0.29, 0.717) is 28.3 Å². The average Bonchev–Trinajstić information content (AvgIpc) is 2.67. The molecule has 27 heavy (non-hydrogen) atoms. The first kappa shape index (κ1) is 19.4. The van der Waals surface area contributed by atoms with Crippen molar-refractivity contribution in [3.8, 4) is 0 Å². The van der Waals surface area contributed by atoms with Crippen LogP contribution in [0.1, 0.15) is 36.7 Å². The molecule has 0 bridgehead atoms. The number of H-pyrrole nitrogens is 1. The quantitative estimate of drug-likeness (QED) is 0.639. The molecule has 140 valence electrons. The van der Waals surface area contributed by atoms with E-state index in [1.54, 1.807) is 23.1 Å². The number of benzene rings is 2. The van der Waals surface area contributed by atoms with Crippen molar-refractivity contribution in [2.75, 3.05) is 6.54 Å². The maximum atomic E-state index is 12.9. The molecule has 5 nitrogen and oxygen atoms in total. The Morgan fingerprint density at radius 1 is 1.22 bits per heavy atom. The normalized spacial score (nSPS) is 13.3. The van der Waals surface area contributed by atoms with E-state index in [4.69, 9.17) is 23.2 Å². The molecule has 0 radical (unpaired) electrons. The molecule has 0 saturated heterocycles. The number of hydrogen-bond acceptors (Lipinski definition) is 3. The lowest BCUT2D eigenvalue weighted by atomic mass is 10.1. The van der Waals surface area contributed by atoms with Crippen LogP contribution in [0.3, 0.4) is 0 Å². The minimum Gasteiger partial charge on any atom is -0.331 e. The summed E-state index contributed by atoms with van der Waals surface area (Å²) in [6.07, 6.45) is 0. The fourth-order valence-corrected chi connectivity index (χ4v) is 3.44. The Balaban J connectivity index is 1.95. The van der Waals surface area contributed by atoms with Gasteiger partial charge in [0, 0.05) is 11.6 Å². The van der Waals surface area contributed by atoms with Crippen LogP contribution in [-0.2, 0) is 4.79 Å². The standard InChI is InChI=1S/C20H19Cl2N3O2/c1-3-25(20(27)17(22)13-7-5-4-6-8-13)12(2)18-23-16-11-14(21)9-10-15(16)19(26)24-18/h4-12,17H,3H2,1-2H3,(H,23,24,26)/t12-,17-/m1/s1. The van der Waals surface area contributed by atoms with E-state index in [9.17, 15) is 9.59 Å². The first-order valence-corrected chi connectivity index (χ1v) is 9.42. The molecule has 1 aromatic heterocycles. The molecule has 0 fully saturated rings. The maximum absolute atomic E-state index is 12.9. The lowest BCUT2D eigenvalue weighted by Gasteiger charge is -2.29. The Morgan fingerprint density at radius 2 is 1.93 bits per heavy atom. The fourth-order valence-electron chi connectivity index (χ4n) is 3.01. The molecular weight excluding hydrogens is 385 g/mol. The van der Waals surface area contributed by atoms with Gasteiger partial charge in [0.25, 0.3) is 5.56 Å². The summed E-state index contributed by atoms with van der Waals surface area (Å²) in [6, 6.07) is 13.6. The monoisotopic (exact) mass is 403 g/mol. The molecule has 0 aliphatic rings.